The van der Waals surface area contributed by atoms with Crippen LogP contribution in [0, 0.1) is 9.39 Å². The zero-order valence-electron chi connectivity index (χ0n) is 12.9. The van der Waals surface area contributed by atoms with Crippen LogP contribution in [0.2, 0.25) is 5.15 Å². The fraction of sp³-hybridized carbons (Fsp3) is 0.118. The molecule has 0 radical (unpaired) electrons. The average Bonchev–Trinajstić information content (AvgIpc) is 3.21. The van der Waals surface area contributed by atoms with Crippen LogP contribution in [-0.4, -0.2) is 19.7 Å². The summed E-state index contributed by atoms with van der Waals surface area (Å²) in [6.07, 6.45) is 3.36. The molecule has 0 spiro atoms. The molecule has 1 aromatic carbocycles. The highest BCUT2D eigenvalue weighted by Gasteiger charge is 2.21. The molecule has 0 fully saturated rings. The molecule has 1 atom stereocenters. The van der Waals surface area contributed by atoms with Crippen molar-refractivity contribution in [1.82, 2.24) is 19.7 Å². The Balaban J connectivity index is 1.77. The van der Waals surface area contributed by atoms with Gasteiger partial charge in [-0.3, -0.25) is 0 Å². The maximum absolute atomic E-state index is 13.9. The lowest BCUT2D eigenvalue weighted by Gasteiger charge is -2.10. The van der Waals surface area contributed by atoms with Crippen LogP contribution in [-0.2, 0) is 0 Å². The number of hydrogen-bond acceptors (Lipinski definition) is 4. The van der Waals surface area contributed by atoms with E-state index in [1.807, 2.05) is 17.7 Å². The Bertz CT molecular complexity index is 1080. The van der Waals surface area contributed by atoms with E-state index in [4.69, 9.17) is 16.1 Å². The molecule has 0 aliphatic rings. The molecule has 0 aliphatic carbocycles. The summed E-state index contributed by atoms with van der Waals surface area (Å²) >= 11 is 8.38. The Morgan fingerprint density at radius 3 is 2.88 bits per heavy atom. The topological polar surface area (TPSA) is 56.7 Å². The number of hydrogen-bond donors (Lipinski definition) is 0. The summed E-state index contributed by atoms with van der Waals surface area (Å²) in [5, 5.41) is 5.21. The van der Waals surface area contributed by atoms with Gasteiger partial charge in [-0.2, -0.15) is 0 Å². The SMILES string of the molecule is CC(c1cc(-c2ccccc2F)no1)n1cc(I)c2c(Cl)ncnc21. The zero-order chi connectivity index (χ0) is 17.6. The predicted molar refractivity (Wildman–Crippen MR) is 101 cm³/mol. The molecular weight excluding hydrogens is 458 g/mol. The number of aromatic nitrogens is 4. The first-order valence-corrected chi connectivity index (χ1v) is 8.90. The lowest BCUT2D eigenvalue weighted by Crippen LogP contribution is -2.05. The number of rotatable bonds is 3. The monoisotopic (exact) mass is 468 g/mol. The maximum Gasteiger partial charge on any atom is 0.159 e. The first-order chi connectivity index (χ1) is 12.1. The van der Waals surface area contributed by atoms with Crippen LogP contribution in [0.15, 0.2) is 47.4 Å². The average molecular weight is 469 g/mol. The Labute approximate surface area is 161 Å². The highest BCUT2D eigenvalue weighted by atomic mass is 127. The molecule has 0 aliphatic heterocycles. The number of fused-ring (bicyclic) bond motifs is 1. The van der Waals surface area contributed by atoms with Crippen LogP contribution in [0.25, 0.3) is 22.3 Å². The van der Waals surface area contributed by atoms with Crippen molar-refractivity contribution in [3.8, 4) is 11.3 Å². The van der Waals surface area contributed by atoms with Gasteiger partial charge in [0.1, 0.15) is 28.6 Å². The van der Waals surface area contributed by atoms with E-state index in [0.29, 0.717) is 27.8 Å². The molecule has 0 saturated heterocycles. The fourth-order valence-electron chi connectivity index (χ4n) is 2.72. The Hall–Kier alpha value is -2.00. The molecule has 1 unspecified atom stereocenters. The standard InChI is InChI=1S/C17H11ClFIN4O/c1-9(24-7-12(20)15-16(18)21-8-22-17(15)24)14-6-13(23-25-14)10-4-2-3-5-11(10)19/h2-9H,1H3. The Kier molecular flexibility index (Phi) is 4.20. The van der Waals surface area contributed by atoms with E-state index in [9.17, 15) is 4.39 Å². The molecule has 0 bridgehead atoms. The molecule has 3 heterocycles. The number of benzene rings is 1. The van der Waals surface area contributed by atoms with Crippen LogP contribution in [0.5, 0.6) is 0 Å². The summed E-state index contributed by atoms with van der Waals surface area (Å²) in [5.74, 6) is 0.261. The molecule has 4 aromatic rings. The summed E-state index contributed by atoms with van der Waals surface area (Å²) in [4.78, 5) is 8.35. The third-order valence-electron chi connectivity index (χ3n) is 4.02. The molecule has 126 valence electrons. The van der Waals surface area contributed by atoms with Crippen molar-refractivity contribution in [3.05, 3.63) is 63.2 Å². The van der Waals surface area contributed by atoms with Gasteiger partial charge in [0, 0.05) is 21.4 Å². The second-order valence-electron chi connectivity index (χ2n) is 5.52. The molecule has 25 heavy (non-hydrogen) atoms. The minimum Gasteiger partial charge on any atom is -0.359 e. The summed E-state index contributed by atoms with van der Waals surface area (Å²) in [6, 6.07) is 8.02. The van der Waals surface area contributed by atoms with Crippen molar-refractivity contribution >= 4 is 45.2 Å². The lowest BCUT2D eigenvalue weighted by molar-refractivity contribution is 0.355. The molecule has 5 nitrogen and oxygen atoms in total. The van der Waals surface area contributed by atoms with E-state index in [-0.39, 0.29) is 11.9 Å². The van der Waals surface area contributed by atoms with Crippen LogP contribution in [0.3, 0.4) is 0 Å². The summed E-state index contributed by atoms with van der Waals surface area (Å²) < 4.78 is 22.3. The molecule has 0 amide bonds. The van der Waals surface area contributed by atoms with Crippen molar-refractivity contribution in [2.24, 2.45) is 0 Å². The van der Waals surface area contributed by atoms with E-state index < -0.39 is 0 Å². The smallest absolute Gasteiger partial charge is 0.159 e. The molecule has 3 aromatic heterocycles. The summed E-state index contributed by atoms with van der Waals surface area (Å²) in [7, 11) is 0. The quantitative estimate of drug-likeness (QED) is 0.310. The second kappa shape index (κ2) is 6.38. The van der Waals surface area contributed by atoms with Gasteiger partial charge in [-0.25, -0.2) is 14.4 Å². The van der Waals surface area contributed by atoms with Gasteiger partial charge < -0.3 is 9.09 Å². The molecular formula is C17H11ClFIN4O. The first kappa shape index (κ1) is 16.5. The van der Waals surface area contributed by atoms with Crippen molar-refractivity contribution in [2.75, 3.05) is 0 Å². The highest BCUT2D eigenvalue weighted by molar-refractivity contribution is 14.1. The Morgan fingerprint density at radius 2 is 2.08 bits per heavy atom. The predicted octanol–water partition coefficient (Wildman–Crippen LogP) is 5.09. The van der Waals surface area contributed by atoms with Crippen molar-refractivity contribution in [3.63, 3.8) is 0 Å². The summed E-state index contributed by atoms with van der Waals surface area (Å²) in [5.41, 5.74) is 1.57. The van der Waals surface area contributed by atoms with Gasteiger partial charge in [-0.1, -0.05) is 28.9 Å². The molecule has 4 rings (SSSR count). The van der Waals surface area contributed by atoms with Gasteiger partial charge in [0.25, 0.3) is 0 Å². The van der Waals surface area contributed by atoms with Crippen molar-refractivity contribution < 1.29 is 8.91 Å². The van der Waals surface area contributed by atoms with E-state index in [1.54, 1.807) is 24.3 Å². The third kappa shape index (κ3) is 2.81. The van der Waals surface area contributed by atoms with Gasteiger partial charge in [0.15, 0.2) is 5.76 Å². The van der Waals surface area contributed by atoms with Gasteiger partial charge in [0.2, 0.25) is 0 Å². The van der Waals surface area contributed by atoms with Crippen LogP contribution in [0.1, 0.15) is 18.7 Å². The first-order valence-electron chi connectivity index (χ1n) is 7.44. The van der Waals surface area contributed by atoms with Crippen molar-refractivity contribution in [1.29, 1.82) is 0 Å². The second-order valence-corrected chi connectivity index (χ2v) is 7.04. The third-order valence-corrected chi connectivity index (χ3v) is 5.13. The van der Waals surface area contributed by atoms with E-state index in [1.165, 1.54) is 12.4 Å². The molecule has 0 N–H and O–H groups in total. The minimum absolute atomic E-state index is 0.190. The Morgan fingerprint density at radius 1 is 1.28 bits per heavy atom. The summed E-state index contributed by atoms with van der Waals surface area (Å²) in [6.45, 7) is 1.96. The van der Waals surface area contributed by atoms with Crippen LogP contribution >= 0.6 is 34.2 Å². The molecule has 0 saturated carbocycles. The largest absolute Gasteiger partial charge is 0.359 e. The van der Waals surface area contributed by atoms with Gasteiger partial charge in [-0.15, -0.1) is 0 Å². The molecule has 8 heteroatoms. The van der Waals surface area contributed by atoms with Gasteiger partial charge >= 0.3 is 0 Å². The lowest BCUT2D eigenvalue weighted by atomic mass is 10.1. The van der Waals surface area contributed by atoms with Crippen LogP contribution < -0.4 is 0 Å². The van der Waals surface area contributed by atoms with E-state index >= 15 is 0 Å². The van der Waals surface area contributed by atoms with Gasteiger partial charge in [-0.05, 0) is 41.6 Å². The highest BCUT2D eigenvalue weighted by Crippen LogP contribution is 2.32. The normalized spacial score (nSPS) is 12.6. The minimum atomic E-state index is -0.338. The maximum atomic E-state index is 13.9. The van der Waals surface area contributed by atoms with Crippen molar-refractivity contribution in [2.45, 2.75) is 13.0 Å². The van der Waals surface area contributed by atoms with Gasteiger partial charge in [0.05, 0.1) is 11.4 Å². The van der Waals surface area contributed by atoms with E-state index in [2.05, 4.69) is 37.7 Å². The number of nitrogens with zero attached hydrogens (tertiary/aromatic N) is 4. The zero-order valence-corrected chi connectivity index (χ0v) is 15.9. The fourth-order valence-corrected chi connectivity index (χ4v) is 3.91. The van der Waals surface area contributed by atoms with Crippen LogP contribution in [0.4, 0.5) is 4.39 Å². The number of halogens is 3. The van der Waals surface area contributed by atoms with E-state index in [0.717, 1.165) is 8.96 Å².